The monoisotopic (exact) mass is 330 g/mol. The maximum atomic E-state index is 11.9. The molecule has 0 saturated carbocycles. The first kappa shape index (κ1) is 16.5. The average molecular weight is 330 g/mol. The summed E-state index contributed by atoms with van der Waals surface area (Å²) in [7, 11) is 0. The highest BCUT2D eigenvalue weighted by atomic mass is 16.5. The number of hydrogen-bond acceptors (Lipinski definition) is 6. The van der Waals surface area contributed by atoms with E-state index >= 15 is 0 Å². The molecule has 0 spiro atoms. The van der Waals surface area contributed by atoms with Crippen LogP contribution in [0.5, 0.6) is 0 Å². The number of amides is 1. The van der Waals surface area contributed by atoms with Crippen molar-refractivity contribution >= 4 is 5.91 Å². The fourth-order valence-corrected chi connectivity index (χ4v) is 2.55. The second kappa shape index (κ2) is 8.51. The average Bonchev–Trinajstić information content (AvgIpc) is 3.09. The standard InChI is InChI=1S/C16H22N6O2/c23-15(17-7-4-8-21-9-11-24-12-10-21)13-22-19-16(18-20-22)14-5-2-1-3-6-14/h1-3,5-6H,4,7-13H2,(H,17,23). The third-order valence-corrected chi connectivity index (χ3v) is 3.85. The van der Waals surface area contributed by atoms with Crippen LogP contribution in [0.25, 0.3) is 11.4 Å². The van der Waals surface area contributed by atoms with Crippen molar-refractivity contribution in [3.05, 3.63) is 30.3 Å². The summed E-state index contributed by atoms with van der Waals surface area (Å²) in [5.41, 5.74) is 0.884. The van der Waals surface area contributed by atoms with E-state index in [-0.39, 0.29) is 12.5 Å². The molecular formula is C16H22N6O2. The lowest BCUT2D eigenvalue weighted by Crippen LogP contribution is -2.38. The Hall–Kier alpha value is -2.32. The number of tetrazole rings is 1. The van der Waals surface area contributed by atoms with E-state index in [1.54, 1.807) is 0 Å². The van der Waals surface area contributed by atoms with Gasteiger partial charge in [-0.15, -0.1) is 10.2 Å². The zero-order chi connectivity index (χ0) is 16.6. The SMILES string of the molecule is O=C(Cn1nnc(-c2ccccc2)n1)NCCCN1CCOCC1. The number of morpholine rings is 1. The van der Waals surface area contributed by atoms with Crippen molar-refractivity contribution in [1.29, 1.82) is 0 Å². The van der Waals surface area contributed by atoms with Crippen molar-refractivity contribution in [2.45, 2.75) is 13.0 Å². The lowest BCUT2D eigenvalue weighted by atomic mass is 10.2. The van der Waals surface area contributed by atoms with E-state index in [2.05, 4.69) is 25.6 Å². The van der Waals surface area contributed by atoms with E-state index in [4.69, 9.17) is 4.74 Å². The Kier molecular flexibility index (Phi) is 5.86. The van der Waals surface area contributed by atoms with Crippen LogP contribution in [0, 0.1) is 0 Å². The third-order valence-electron chi connectivity index (χ3n) is 3.85. The van der Waals surface area contributed by atoms with Gasteiger partial charge < -0.3 is 10.1 Å². The molecule has 0 aliphatic carbocycles. The summed E-state index contributed by atoms with van der Waals surface area (Å²) in [6.07, 6.45) is 0.922. The summed E-state index contributed by atoms with van der Waals surface area (Å²) >= 11 is 0. The molecule has 128 valence electrons. The largest absolute Gasteiger partial charge is 0.379 e. The van der Waals surface area contributed by atoms with Crippen LogP contribution in [-0.2, 0) is 16.1 Å². The van der Waals surface area contributed by atoms with Gasteiger partial charge in [-0.25, -0.2) is 0 Å². The molecule has 1 fully saturated rings. The number of nitrogens with one attached hydrogen (secondary N) is 1. The number of nitrogens with zero attached hydrogens (tertiary/aromatic N) is 5. The van der Waals surface area contributed by atoms with Gasteiger partial charge in [0.05, 0.1) is 13.2 Å². The van der Waals surface area contributed by atoms with Gasteiger partial charge in [0.1, 0.15) is 6.54 Å². The first-order valence-corrected chi connectivity index (χ1v) is 8.21. The topological polar surface area (TPSA) is 85.2 Å². The van der Waals surface area contributed by atoms with Crippen molar-refractivity contribution in [2.75, 3.05) is 39.4 Å². The van der Waals surface area contributed by atoms with E-state index in [0.717, 1.165) is 44.8 Å². The molecule has 1 aromatic carbocycles. The molecule has 1 amide bonds. The number of carbonyl (C=O) groups excluding carboxylic acids is 1. The third kappa shape index (κ3) is 4.84. The Bertz CT molecular complexity index is 639. The molecule has 8 heteroatoms. The fourth-order valence-electron chi connectivity index (χ4n) is 2.55. The molecule has 1 N–H and O–H groups in total. The summed E-state index contributed by atoms with van der Waals surface area (Å²) < 4.78 is 5.31. The molecule has 8 nitrogen and oxygen atoms in total. The maximum absolute atomic E-state index is 11.9. The number of hydrogen-bond donors (Lipinski definition) is 1. The fraction of sp³-hybridized carbons (Fsp3) is 0.500. The number of carbonyl (C=O) groups is 1. The van der Waals surface area contributed by atoms with Gasteiger partial charge in [-0.3, -0.25) is 9.69 Å². The zero-order valence-corrected chi connectivity index (χ0v) is 13.6. The molecule has 0 atom stereocenters. The number of rotatable bonds is 7. The molecule has 1 aromatic heterocycles. The smallest absolute Gasteiger partial charge is 0.243 e. The molecule has 2 aromatic rings. The first-order chi connectivity index (χ1) is 11.8. The van der Waals surface area contributed by atoms with E-state index in [0.29, 0.717) is 12.4 Å². The summed E-state index contributed by atoms with van der Waals surface area (Å²) in [6, 6.07) is 9.58. The first-order valence-electron chi connectivity index (χ1n) is 8.21. The van der Waals surface area contributed by atoms with Crippen LogP contribution in [0.3, 0.4) is 0 Å². The highest BCUT2D eigenvalue weighted by Gasteiger charge is 2.11. The summed E-state index contributed by atoms with van der Waals surface area (Å²) in [4.78, 5) is 15.6. The Morgan fingerprint density at radius 2 is 2.00 bits per heavy atom. The van der Waals surface area contributed by atoms with Crippen molar-refractivity contribution in [3.63, 3.8) is 0 Å². The molecule has 0 unspecified atom stereocenters. The molecule has 2 heterocycles. The number of aromatic nitrogens is 4. The van der Waals surface area contributed by atoms with Crippen molar-refractivity contribution in [3.8, 4) is 11.4 Å². The molecule has 24 heavy (non-hydrogen) atoms. The molecule has 0 radical (unpaired) electrons. The number of ether oxygens (including phenoxy) is 1. The summed E-state index contributed by atoms with van der Waals surface area (Å²) in [5.74, 6) is 0.421. The Labute approximate surface area is 140 Å². The van der Waals surface area contributed by atoms with Gasteiger partial charge in [0.2, 0.25) is 11.7 Å². The molecule has 0 bridgehead atoms. The Balaban J connectivity index is 1.38. The minimum absolute atomic E-state index is 0.0807. The van der Waals surface area contributed by atoms with Gasteiger partial charge in [-0.2, -0.15) is 4.80 Å². The summed E-state index contributed by atoms with van der Waals surface area (Å²) in [6.45, 7) is 5.25. The molecule has 1 aliphatic heterocycles. The highest BCUT2D eigenvalue weighted by molar-refractivity contribution is 5.75. The minimum atomic E-state index is -0.103. The van der Waals surface area contributed by atoms with Crippen LogP contribution in [0.15, 0.2) is 30.3 Å². The second-order valence-electron chi connectivity index (χ2n) is 5.67. The molecule has 1 saturated heterocycles. The molecule has 3 rings (SSSR count). The van der Waals surface area contributed by atoms with Gasteiger partial charge in [-0.05, 0) is 18.2 Å². The van der Waals surface area contributed by atoms with E-state index < -0.39 is 0 Å². The van der Waals surface area contributed by atoms with Crippen molar-refractivity contribution < 1.29 is 9.53 Å². The van der Waals surface area contributed by atoms with Crippen LogP contribution in [0.2, 0.25) is 0 Å². The van der Waals surface area contributed by atoms with Crippen LogP contribution >= 0.6 is 0 Å². The predicted octanol–water partition coefficient (Wildman–Crippen LogP) is 0.179. The van der Waals surface area contributed by atoms with E-state index in [9.17, 15) is 4.79 Å². The normalized spacial score (nSPS) is 15.3. The van der Waals surface area contributed by atoms with E-state index in [1.807, 2.05) is 30.3 Å². The highest BCUT2D eigenvalue weighted by Crippen LogP contribution is 2.11. The summed E-state index contributed by atoms with van der Waals surface area (Å²) in [5, 5.41) is 15.0. The van der Waals surface area contributed by atoms with Gasteiger partial charge in [0.25, 0.3) is 0 Å². The Morgan fingerprint density at radius 1 is 1.21 bits per heavy atom. The van der Waals surface area contributed by atoms with Crippen LogP contribution in [-0.4, -0.2) is 70.4 Å². The van der Waals surface area contributed by atoms with Crippen molar-refractivity contribution in [2.24, 2.45) is 0 Å². The molecular weight excluding hydrogens is 308 g/mol. The van der Waals surface area contributed by atoms with Gasteiger partial charge in [-0.1, -0.05) is 30.3 Å². The number of benzene rings is 1. The van der Waals surface area contributed by atoms with Crippen LogP contribution in [0.4, 0.5) is 0 Å². The van der Waals surface area contributed by atoms with E-state index in [1.165, 1.54) is 4.80 Å². The second-order valence-corrected chi connectivity index (χ2v) is 5.67. The lowest BCUT2D eigenvalue weighted by Gasteiger charge is -2.26. The molecule has 1 aliphatic rings. The Morgan fingerprint density at radius 3 is 2.79 bits per heavy atom. The van der Waals surface area contributed by atoms with Crippen LogP contribution < -0.4 is 5.32 Å². The maximum Gasteiger partial charge on any atom is 0.243 e. The van der Waals surface area contributed by atoms with Crippen LogP contribution in [0.1, 0.15) is 6.42 Å². The minimum Gasteiger partial charge on any atom is -0.379 e. The van der Waals surface area contributed by atoms with Crippen molar-refractivity contribution in [1.82, 2.24) is 30.4 Å². The quantitative estimate of drug-likeness (QED) is 0.729. The van der Waals surface area contributed by atoms with Gasteiger partial charge in [0.15, 0.2) is 0 Å². The predicted molar refractivity (Wildman–Crippen MR) is 88.1 cm³/mol. The lowest BCUT2D eigenvalue weighted by molar-refractivity contribution is -0.122. The van der Waals surface area contributed by atoms with Gasteiger partial charge in [0, 0.05) is 25.2 Å². The zero-order valence-electron chi connectivity index (χ0n) is 13.6. The van der Waals surface area contributed by atoms with Gasteiger partial charge >= 0.3 is 0 Å².